The van der Waals surface area contributed by atoms with Gasteiger partial charge in [-0.15, -0.1) is 0 Å². The summed E-state index contributed by atoms with van der Waals surface area (Å²) >= 11 is 0. The number of hydrogen-bond donors (Lipinski definition) is 1. The molecule has 2 aromatic rings. The fourth-order valence-electron chi connectivity index (χ4n) is 2.60. The molecular formula is C15H18N4O2. The van der Waals surface area contributed by atoms with Crippen LogP contribution in [-0.2, 0) is 18.2 Å². The van der Waals surface area contributed by atoms with Crippen molar-refractivity contribution in [3.8, 4) is 0 Å². The quantitative estimate of drug-likeness (QED) is 0.902. The van der Waals surface area contributed by atoms with Gasteiger partial charge in [0.15, 0.2) is 0 Å². The Labute approximate surface area is 123 Å². The SMILES string of the molecule is Cn1cncc1C(=O)N[C@@H]1COC[C@H]1Cc1ccncc1. The number of amides is 1. The Kier molecular flexibility index (Phi) is 3.96. The van der Waals surface area contributed by atoms with Crippen molar-refractivity contribution in [1.29, 1.82) is 0 Å². The Bertz CT molecular complexity index is 611. The minimum Gasteiger partial charge on any atom is -0.379 e. The number of nitrogens with one attached hydrogen (secondary N) is 1. The molecular weight excluding hydrogens is 268 g/mol. The van der Waals surface area contributed by atoms with Crippen molar-refractivity contribution in [2.45, 2.75) is 12.5 Å². The first-order valence-corrected chi connectivity index (χ1v) is 6.98. The molecule has 6 heteroatoms. The molecule has 3 rings (SSSR count). The van der Waals surface area contributed by atoms with E-state index in [1.54, 1.807) is 29.5 Å². The molecule has 0 radical (unpaired) electrons. The largest absolute Gasteiger partial charge is 0.379 e. The smallest absolute Gasteiger partial charge is 0.269 e. The summed E-state index contributed by atoms with van der Waals surface area (Å²) in [6.07, 6.45) is 7.64. The molecule has 0 saturated carbocycles. The second kappa shape index (κ2) is 6.05. The van der Waals surface area contributed by atoms with E-state index < -0.39 is 0 Å². The second-order valence-electron chi connectivity index (χ2n) is 5.33. The maximum Gasteiger partial charge on any atom is 0.269 e. The van der Waals surface area contributed by atoms with Gasteiger partial charge in [0.05, 0.1) is 31.8 Å². The van der Waals surface area contributed by atoms with Gasteiger partial charge in [-0.25, -0.2) is 4.98 Å². The number of carbonyl (C=O) groups is 1. The van der Waals surface area contributed by atoms with E-state index in [0.29, 0.717) is 18.9 Å². The summed E-state index contributed by atoms with van der Waals surface area (Å²) in [6, 6.07) is 4.02. The molecule has 0 aromatic carbocycles. The fourth-order valence-corrected chi connectivity index (χ4v) is 2.60. The topological polar surface area (TPSA) is 69.0 Å². The van der Waals surface area contributed by atoms with Gasteiger partial charge in [-0.05, 0) is 24.1 Å². The summed E-state index contributed by atoms with van der Waals surface area (Å²) < 4.78 is 7.25. The average Bonchev–Trinajstić information content (AvgIpc) is 3.10. The summed E-state index contributed by atoms with van der Waals surface area (Å²) in [6.45, 7) is 1.22. The minimum absolute atomic E-state index is 0.0283. The standard InChI is InChI=1S/C15H18N4O2/c1-19-10-17-7-14(19)15(20)18-13-9-21-8-12(13)6-11-2-4-16-5-3-11/h2-5,7,10,12-13H,6,8-9H2,1H3,(H,18,20)/t12-,13-/m1/s1. The highest BCUT2D eigenvalue weighted by Crippen LogP contribution is 2.19. The van der Waals surface area contributed by atoms with Crippen LogP contribution in [0.4, 0.5) is 0 Å². The molecule has 21 heavy (non-hydrogen) atoms. The van der Waals surface area contributed by atoms with Crippen LogP contribution >= 0.6 is 0 Å². The molecule has 2 atom stereocenters. The molecule has 3 heterocycles. The Morgan fingerprint density at radius 2 is 2.19 bits per heavy atom. The van der Waals surface area contributed by atoms with E-state index in [1.165, 1.54) is 5.56 Å². The van der Waals surface area contributed by atoms with Crippen LogP contribution in [0.1, 0.15) is 16.1 Å². The first-order chi connectivity index (χ1) is 10.2. The maximum absolute atomic E-state index is 12.2. The normalized spacial score (nSPS) is 21.4. The van der Waals surface area contributed by atoms with Crippen LogP contribution in [0.15, 0.2) is 37.1 Å². The molecule has 6 nitrogen and oxygen atoms in total. The predicted molar refractivity (Wildman–Crippen MR) is 76.7 cm³/mol. The molecule has 0 aliphatic carbocycles. The van der Waals surface area contributed by atoms with E-state index in [-0.39, 0.29) is 17.9 Å². The van der Waals surface area contributed by atoms with Crippen molar-refractivity contribution in [2.24, 2.45) is 13.0 Å². The third kappa shape index (κ3) is 3.11. The number of imidazole rings is 1. The van der Waals surface area contributed by atoms with E-state index in [4.69, 9.17) is 4.74 Å². The van der Waals surface area contributed by atoms with Gasteiger partial charge < -0.3 is 14.6 Å². The van der Waals surface area contributed by atoms with Crippen molar-refractivity contribution in [1.82, 2.24) is 19.9 Å². The van der Waals surface area contributed by atoms with Crippen LogP contribution < -0.4 is 5.32 Å². The van der Waals surface area contributed by atoms with E-state index in [1.807, 2.05) is 19.2 Å². The predicted octanol–water partition coefficient (Wildman–Crippen LogP) is 0.803. The summed E-state index contributed by atoms with van der Waals surface area (Å²) in [5, 5.41) is 3.05. The van der Waals surface area contributed by atoms with Crippen LogP contribution in [0.3, 0.4) is 0 Å². The molecule has 1 aliphatic rings. The number of ether oxygens (including phenoxy) is 1. The Morgan fingerprint density at radius 1 is 1.38 bits per heavy atom. The Morgan fingerprint density at radius 3 is 2.90 bits per heavy atom. The monoisotopic (exact) mass is 286 g/mol. The van der Waals surface area contributed by atoms with Crippen molar-refractivity contribution >= 4 is 5.91 Å². The number of aryl methyl sites for hydroxylation is 1. The maximum atomic E-state index is 12.2. The summed E-state index contributed by atoms with van der Waals surface area (Å²) in [7, 11) is 1.81. The molecule has 1 saturated heterocycles. The molecule has 110 valence electrons. The van der Waals surface area contributed by atoms with Crippen LogP contribution in [0.5, 0.6) is 0 Å². The van der Waals surface area contributed by atoms with Crippen molar-refractivity contribution in [2.75, 3.05) is 13.2 Å². The lowest BCUT2D eigenvalue weighted by Gasteiger charge is -2.19. The molecule has 1 fully saturated rings. The van der Waals surface area contributed by atoms with E-state index in [9.17, 15) is 4.79 Å². The first-order valence-electron chi connectivity index (χ1n) is 6.98. The lowest BCUT2D eigenvalue weighted by atomic mass is 9.95. The number of pyridine rings is 1. The highest BCUT2D eigenvalue weighted by molar-refractivity contribution is 5.92. The van der Waals surface area contributed by atoms with E-state index in [2.05, 4.69) is 15.3 Å². The lowest BCUT2D eigenvalue weighted by Crippen LogP contribution is -2.41. The zero-order valence-corrected chi connectivity index (χ0v) is 11.9. The van der Waals surface area contributed by atoms with Gasteiger partial charge in [-0.2, -0.15) is 0 Å². The van der Waals surface area contributed by atoms with Crippen LogP contribution in [0, 0.1) is 5.92 Å². The second-order valence-corrected chi connectivity index (χ2v) is 5.33. The number of hydrogen-bond acceptors (Lipinski definition) is 4. The van der Waals surface area contributed by atoms with Crippen LogP contribution in [-0.4, -0.2) is 39.7 Å². The van der Waals surface area contributed by atoms with Gasteiger partial charge in [-0.1, -0.05) is 0 Å². The van der Waals surface area contributed by atoms with Crippen molar-refractivity contribution < 1.29 is 9.53 Å². The molecule has 0 bridgehead atoms. The number of carbonyl (C=O) groups excluding carboxylic acids is 1. The third-order valence-electron chi connectivity index (χ3n) is 3.81. The molecule has 2 aromatic heterocycles. The van der Waals surface area contributed by atoms with Crippen molar-refractivity contribution in [3.05, 3.63) is 48.3 Å². The summed E-state index contributed by atoms with van der Waals surface area (Å²) in [5.41, 5.74) is 1.77. The van der Waals surface area contributed by atoms with Gasteiger partial charge in [0.2, 0.25) is 0 Å². The number of rotatable bonds is 4. The molecule has 1 aliphatic heterocycles. The van der Waals surface area contributed by atoms with Gasteiger partial charge in [0.25, 0.3) is 5.91 Å². The Balaban J connectivity index is 1.64. The zero-order valence-electron chi connectivity index (χ0n) is 11.9. The number of aromatic nitrogens is 3. The first kappa shape index (κ1) is 13.8. The van der Waals surface area contributed by atoms with Crippen molar-refractivity contribution in [3.63, 3.8) is 0 Å². The zero-order chi connectivity index (χ0) is 14.7. The minimum atomic E-state index is -0.106. The van der Waals surface area contributed by atoms with Crippen LogP contribution in [0.2, 0.25) is 0 Å². The van der Waals surface area contributed by atoms with E-state index in [0.717, 1.165) is 6.42 Å². The third-order valence-corrected chi connectivity index (χ3v) is 3.81. The molecule has 1 N–H and O–H groups in total. The lowest BCUT2D eigenvalue weighted by molar-refractivity contribution is 0.0917. The van der Waals surface area contributed by atoms with E-state index >= 15 is 0 Å². The fraction of sp³-hybridized carbons (Fsp3) is 0.400. The molecule has 0 spiro atoms. The number of nitrogens with zero attached hydrogens (tertiary/aromatic N) is 3. The average molecular weight is 286 g/mol. The van der Waals surface area contributed by atoms with Gasteiger partial charge in [-0.3, -0.25) is 9.78 Å². The van der Waals surface area contributed by atoms with Gasteiger partial charge in [0, 0.05) is 25.4 Å². The highest BCUT2D eigenvalue weighted by Gasteiger charge is 2.30. The van der Waals surface area contributed by atoms with Gasteiger partial charge >= 0.3 is 0 Å². The summed E-state index contributed by atoms with van der Waals surface area (Å²) in [5.74, 6) is 0.176. The molecule has 1 amide bonds. The molecule has 0 unspecified atom stereocenters. The van der Waals surface area contributed by atoms with Gasteiger partial charge in [0.1, 0.15) is 5.69 Å². The van der Waals surface area contributed by atoms with Crippen LogP contribution in [0.25, 0.3) is 0 Å². The Hall–Kier alpha value is -2.21. The highest BCUT2D eigenvalue weighted by atomic mass is 16.5. The summed E-state index contributed by atoms with van der Waals surface area (Å²) in [4.78, 5) is 20.2.